The quantitative estimate of drug-likeness (QED) is 0.917. The number of nitrogens with zero attached hydrogens (tertiary/aromatic N) is 1. The zero-order valence-corrected chi connectivity index (χ0v) is 12.1. The van der Waals surface area contributed by atoms with Crippen molar-refractivity contribution in [2.24, 2.45) is 0 Å². The van der Waals surface area contributed by atoms with Gasteiger partial charge in [-0.2, -0.15) is 16.6 Å². The highest BCUT2D eigenvalue weighted by atomic mass is 32.1. The highest BCUT2D eigenvalue weighted by molar-refractivity contribution is 7.07. The molecule has 2 aromatic rings. The minimum absolute atomic E-state index is 0.0108. The smallest absolute Gasteiger partial charge is 0.242 e. The molecular formula is C16H16N2OS. The largest absolute Gasteiger partial charge is 0.352 e. The summed E-state index contributed by atoms with van der Waals surface area (Å²) in [6.07, 6.45) is 0.780. The van der Waals surface area contributed by atoms with Gasteiger partial charge in [0.15, 0.2) is 0 Å². The van der Waals surface area contributed by atoms with Gasteiger partial charge in [-0.1, -0.05) is 30.3 Å². The molecular weight excluding hydrogens is 268 g/mol. The molecule has 1 aromatic heterocycles. The van der Waals surface area contributed by atoms with Gasteiger partial charge in [-0.15, -0.1) is 0 Å². The highest BCUT2D eigenvalue weighted by Crippen LogP contribution is 2.15. The standard InChI is InChI=1S/C16H16N2OS/c1-12(9-13-7-8-20-11-13)18-16(19)15(10-17)14-5-3-2-4-6-14/h2-8,11-12,15H,9H2,1H3,(H,18,19). The second-order valence-corrected chi connectivity index (χ2v) is 5.50. The molecule has 20 heavy (non-hydrogen) atoms. The van der Waals surface area contributed by atoms with Gasteiger partial charge in [0.05, 0.1) is 6.07 Å². The summed E-state index contributed by atoms with van der Waals surface area (Å²) >= 11 is 1.64. The molecule has 0 fully saturated rings. The normalized spacial score (nSPS) is 13.2. The van der Waals surface area contributed by atoms with E-state index in [2.05, 4.69) is 16.8 Å². The molecule has 1 aromatic carbocycles. The monoisotopic (exact) mass is 284 g/mol. The first-order chi connectivity index (χ1) is 9.70. The molecule has 1 amide bonds. The molecule has 0 aliphatic rings. The van der Waals surface area contributed by atoms with Crippen molar-refractivity contribution in [2.45, 2.75) is 25.3 Å². The van der Waals surface area contributed by atoms with Crippen LogP contribution < -0.4 is 5.32 Å². The summed E-state index contributed by atoms with van der Waals surface area (Å²) in [6.45, 7) is 1.95. The summed E-state index contributed by atoms with van der Waals surface area (Å²) in [6, 6.07) is 13.3. The molecule has 2 unspecified atom stereocenters. The number of carbonyl (C=O) groups is 1. The average Bonchev–Trinajstić information content (AvgIpc) is 2.93. The Hall–Kier alpha value is -2.12. The number of nitrogens with one attached hydrogen (secondary N) is 1. The highest BCUT2D eigenvalue weighted by Gasteiger charge is 2.21. The Kier molecular flexibility index (Phi) is 4.91. The van der Waals surface area contributed by atoms with E-state index in [-0.39, 0.29) is 11.9 Å². The van der Waals surface area contributed by atoms with Crippen LogP contribution in [0.1, 0.15) is 24.0 Å². The van der Waals surface area contributed by atoms with Crippen molar-refractivity contribution in [2.75, 3.05) is 0 Å². The predicted octanol–water partition coefficient (Wildman–Crippen LogP) is 3.10. The van der Waals surface area contributed by atoms with Gasteiger partial charge in [-0.25, -0.2) is 0 Å². The first-order valence-electron chi connectivity index (χ1n) is 6.46. The van der Waals surface area contributed by atoms with Crippen LogP contribution in [0.5, 0.6) is 0 Å². The maximum atomic E-state index is 12.2. The number of carbonyl (C=O) groups excluding carboxylic acids is 1. The molecule has 1 N–H and O–H groups in total. The number of hydrogen-bond donors (Lipinski definition) is 1. The molecule has 3 nitrogen and oxygen atoms in total. The Labute approximate surface area is 122 Å². The fourth-order valence-electron chi connectivity index (χ4n) is 2.07. The number of nitriles is 1. The third-order valence-electron chi connectivity index (χ3n) is 3.03. The molecule has 0 aliphatic carbocycles. The molecule has 2 rings (SSSR count). The average molecular weight is 284 g/mol. The Morgan fingerprint density at radius 2 is 2.10 bits per heavy atom. The van der Waals surface area contributed by atoms with E-state index in [1.54, 1.807) is 23.5 Å². The van der Waals surface area contributed by atoms with Crippen molar-refractivity contribution in [1.29, 1.82) is 5.26 Å². The van der Waals surface area contributed by atoms with Crippen molar-refractivity contribution in [3.8, 4) is 6.07 Å². The first kappa shape index (κ1) is 14.3. The van der Waals surface area contributed by atoms with E-state index in [0.717, 1.165) is 12.0 Å². The van der Waals surface area contributed by atoms with Gasteiger partial charge < -0.3 is 5.32 Å². The van der Waals surface area contributed by atoms with Crippen LogP contribution in [0.2, 0.25) is 0 Å². The van der Waals surface area contributed by atoms with Gasteiger partial charge in [-0.3, -0.25) is 4.79 Å². The van der Waals surface area contributed by atoms with Crippen LogP contribution in [0.4, 0.5) is 0 Å². The minimum Gasteiger partial charge on any atom is -0.352 e. The molecule has 0 spiro atoms. The van der Waals surface area contributed by atoms with Crippen LogP contribution >= 0.6 is 11.3 Å². The second kappa shape index (κ2) is 6.88. The van der Waals surface area contributed by atoms with Crippen molar-refractivity contribution in [3.05, 3.63) is 58.3 Å². The maximum absolute atomic E-state index is 12.2. The van der Waals surface area contributed by atoms with Crippen LogP contribution in [0, 0.1) is 11.3 Å². The third kappa shape index (κ3) is 3.69. The topological polar surface area (TPSA) is 52.9 Å². The molecule has 102 valence electrons. The summed E-state index contributed by atoms with van der Waals surface area (Å²) in [5.74, 6) is -0.984. The molecule has 0 radical (unpaired) electrons. The van der Waals surface area contributed by atoms with Gasteiger partial charge in [0.1, 0.15) is 5.92 Å². The molecule has 4 heteroatoms. The van der Waals surface area contributed by atoms with Gasteiger partial charge in [0.25, 0.3) is 0 Å². The van der Waals surface area contributed by atoms with Crippen molar-refractivity contribution < 1.29 is 4.79 Å². The van der Waals surface area contributed by atoms with E-state index in [4.69, 9.17) is 0 Å². The van der Waals surface area contributed by atoms with Crippen LogP contribution in [0.3, 0.4) is 0 Å². The van der Waals surface area contributed by atoms with E-state index in [1.807, 2.05) is 36.6 Å². The lowest BCUT2D eigenvalue weighted by molar-refractivity contribution is -0.122. The molecule has 0 saturated carbocycles. The minimum atomic E-state index is -0.749. The Bertz CT molecular complexity index is 587. The lowest BCUT2D eigenvalue weighted by Gasteiger charge is -2.16. The Balaban J connectivity index is 1.98. The van der Waals surface area contributed by atoms with Crippen molar-refractivity contribution >= 4 is 17.2 Å². The molecule has 1 heterocycles. The summed E-state index contributed by atoms with van der Waals surface area (Å²) in [5, 5.41) is 16.2. The predicted molar refractivity (Wildman–Crippen MR) is 80.4 cm³/mol. The van der Waals surface area contributed by atoms with Crippen LogP contribution in [0.25, 0.3) is 0 Å². The van der Waals surface area contributed by atoms with Crippen molar-refractivity contribution in [1.82, 2.24) is 5.32 Å². The van der Waals surface area contributed by atoms with E-state index in [1.165, 1.54) is 5.56 Å². The van der Waals surface area contributed by atoms with E-state index in [9.17, 15) is 10.1 Å². The Morgan fingerprint density at radius 1 is 1.35 bits per heavy atom. The zero-order chi connectivity index (χ0) is 14.4. The summed E-state index contributed by atoms with van der Waals surface area (Å²) in [7, 11) is 0. The van der Waals surface area contributed by atoms with E-state index >= 15 is 0 Å². The van der Waals surface area contributed by atoms with Crippen LogP contribution in [-0.2, 0) is 11.2 Å². The van der Waals surface area contributed by atoms with Crippen LogP contribution in [0.15, 0.2) is 47.2 Å². The SMILES string of the molecule is CC(Cc1ccsc1)NC(=O)C(C#N)c1ccccc1. The van der Waals surface area contributed by atoms with Crippen LogP contribution in [-0.4, -0.2) is 11.9 Å². The third-order valence-corrected chi connectivity index (χ3v) is 3.77. The number of hydrogen-bond acceptors (Lipinski definition) is 3. The van der Waals surface area contributed by atoms with Gasteiger partial charge in [-0.05, 0) is 41.3 Å². The Morgan fingerprint density at radius 3 is 2.70 bits per heavy atom. The first-order valence-corrected chi connectivity index (χ1v) is 7.41. The van der Waals surface area contributed by atoms with Gasteiger partial charge in [0, 0.05) is 6.04 Å². The number of benzene rings is 1. The number of thiophene rings is 1. The molecule has 2 atom stereocenters. The zero-order valence-electron chi connectivity index (χ0n) is 11.2. The van der Waals surface area contributed by atoms with Gasteiger partial charge in [0.2, 0.25) is 5.91 Å². The second-order valence-electron chi connectivity index (χ2n) is 4.72. The fourth-order valence-corrected chi connectivity index (χ4v) is 2.75. The fraction of sp³-hybridized carbons (Fsp3) is 0.250. The van der Waals surface area contributed by atoms with E-state index in [0.29, 0.717) is 0 Å². The maximum Gasteiger partial charge on any atom is 0.242 e. The number of rotatable bonds is 5. The van der Waals surface area contributed by atoms with E-state index < -0.39 is 5.92 Å². The van der Waals surface area contributed by atoms with Gasteiger partial charge >= 0.3 is 0 Å². The molecule has 0 saturated heterocycles. The summed E-state index contributed by atoms with van der Waals surface area (Å²) in [5.41, 5.74) is 1.94. The summed E-state index contributed by atoms with van der Waals surface area (Å²) < 4.78 is 0. The number of amides is 1. The lowest BCUT2D eigenvalue weighted by atomic mass is 9.99. The molecule has 0 aliphatic heterocycles. The molecule has 0 bridgehead atoms. The van der Waals surface area contributed by atoms with Crippen molar-refractivity contribution in [3.63, 3.8) is 0 Å². The summed E-state index contributed by atoms with van der Waals surface area (Å²) in [4.78, 5) is 12.2. The lowest BCUT2D eigenvalue weighted by Crippen LogP contribution is -2.37.